The fourth-order valence-electron chi connectivity index (χ4n) is 1.11. The van der Waals surface area contributed by atoms with Gasteiger partial charge in [0.15, 0.2) is 0 Å². The van der Waals surface area contributed by atoms with E-state index in [2.05, 4.69) is 0 Å². The van der Waals surface area contributed by atoms with Crippen molar-refractivity contribution >= 4 is 27.0 Å². The van der Waals surface area contributed by atoms with Crippen LogP contribution in [0.3, 0.4) is 0 Å². The summed E-state index contributed by atoms with van der Waals surface area (Å²) in [6.07, 6.45) is -0.0950. The van der Waals surface area contributed by atoms with Gasteiger partial charge in [0.25, 0.3) is 10.0 Å². The summed E-state index contributed by atoms with van der Waals surface area (Å²) in [6.45, 7) is 1.92. The van der Waals surface area contributed by atoms with Crippen molar-refractivity contribution in [3.05, 3.63) is 11.4 Å². The first-order valence-electron chi connectivity index (χ1n) is 4.82. The van der Waals surface area contributed by atoms with E-state index in [0.717, 1.165) is 11.3 Å². The Balaban J connectivity index is 2.78. The molecule has 0 fully saturated rings. The van der Waals surface area contributed by atoms with Crippen molar-refractivity contribution in [2.75, 3.05) is 19.3 Å². The quantitative estimate of drug-likeness (QED) is 0.821. The smallest absolute Gasteiger partial charge is 0.252 e. The van der Waals surface area contributed by atoms with Gasteiger partial charge in [-0.15, -0.1) is 11.3 Å². The summed E-state index contributed by atoms with van der Waals surface area (Å²) in [7, 11) is -1.96. The van der Waals surface area contributed by atoms with Gasteiger partial charge in [-0.2, -0.15) is 0 Å². The molecule has 1 heterocycles. The highest BCUT2D eigenvalue weighted by molar-refractivity contribution is 7.91. The van der Waals surface area contributed by atoms with E-state index in [1.807, 2.05) is 0 Å². The van der Waals surface area contributed by atoms with Gasteiger partial charge in [-0.05, 0) is 19.4 Å². The van der Waals surface area contributed by atoms with Crippen LogP contribution in [0.15, 0.2) is 15.7 Å². The van der Waals surface area contributed by atoms with Gasteiger partial charge in [-0.3, -0.25) is 0 Å². The Bertz CT molecular complexity index is 439. The van der Waals surface area contributed by atoms with Gasteiger partial charge in [0.1, 0.15) is 4.21 Å². The molecule has 92 valence electrons. The summed E-state index contributed by atoms with van der Waals surface area (Å²) in [6, 6.07) is 1.44. The molecule has 3 N–H and O–H groups in total. The Labute approximate surface area is 99.6 Å². The van der Waals surface area contributed by atoms with Crippen LogP contribution in [0.1, 0.15) is 13.3 Å². The summed E-state index contributed by atoms with van der Waals surface area (Å²) in [5.74, 6) is 0. The second-order valence-electron chi connectivity index (χ2n) is 3.66. The number of nitrogens with two attached hydrogens (primary N) is 1. The van der Waals surface area contributed by atoms with Crippen LogP contribution in [0.5, 0.6) is 0 Å². The van der Waals surface area contributed by atoms with E-state index in [-0.39, 0.29) is 10.8 Å². The molecule has 1 rings (SSSR count). The first-order chi connectivity index (χ1) is 7.34. The third-order valence-corrected chi connectivity index (χ3v) is 5.41. The van der Waals surface area contributed by atoms with Crippen molar-refractivity contribution < 1.29 is 13.5 Å². The molecule has 1 aromatic rings. The van der Waals surface area contributed by atoms with E-state index in [0.29, 0.717) is 12.1 Å². The first kappa shape index (κ1) is 13.4. The van der Waals surface area contributed by atoms with Crippen molar-refractivity contribution in [2.45, 2.75) is 23.7 Å². The Kier molecular flexibility index (Phi) is 4.31. The lowest BCUT2D eigenvalue weighted by molar-refractivity contribution is 0.177. The topological polar surface area (TPSA) is 83.6 Å². The molecule has 16 heavy (non-hydrogen) atoms. The zero-order valence-electron chi connectivity index (χ0n) is 9.25. The second kappa shape index (κ2) is 5.13. The number of hydrogen-bond acceptors (Lipinski definition) is 5. The third kappa shape index (κ3) is 3.18. The number of hydrogen-bond donors (Lipinski definition) is 2. The van der Waals surface area contributed by atoms with Crippen LogP contribution in [0.4, 0.5) is 5.69 Å². The van der Waals surface area contributed by atoms with Gasteiger partial charge < -0.3 is 10.8 Å². The van der Waals surface area contributed by atoms with Crippen LogP contribution in [0, 0.1) is 0 Å². The predicted molar refractivity (Wildman–Crippen MR) is 64.8 cm³/mol. The van der Waals surface area contributed by atoms with Gasteiger partial charge >= 0.3 is 0 Å². The van der Waals surface area contributed by atoms with Crippen LogP contribution in [0.2, 0.25) is 0 Å². The molecule has 5 nitrogen and oxygen atoms in total. The molecular weight excluding hydrogens is 248 g/mol. The number of rotatable bonds is 5. The van der Waals surface area contributed by atoms with Crippen molar-refractivity contribution in [2.24, 2.45) is 0 Å². The van der Waals surface area contributed by atoms with E-state index >= 15 is 0 Å². The largest absolute Gasteiger partial charge is 0.398 e. The molecule has 0 radical (unpaired) electrons. The maximum atomic E-state index is 12.0. The molecule has 0 aliphatic carbocycles. The average molecular weight is 264 g/mol. The normalized spacial score (nSPS) is 14.2. The predicted octanol–water partition coefficient (Wildman–Crippen LogP) is 0.722. The Morgan fingerprint density at radius 3 is 2.69 bits per heavy atom. The van der Waals surface area contributed by atoms with Crippen LogP contribution >= 0.6 is 11.3 Å². The summed E-state index contributed by atoms with van der Waals surface area (Å²) in [4.78, 5) is 0. The number of sulfonamides is 1. The highest BCUT2D eigenvalue weighted by Gasteiger charge is 2.22. The molecule has 7 heteroatoms. The van der Waals surface area contributed by atoms with Crippen molar-refractivity contribution in [1.82, 2.24) is 4.31 Å². The highest BCUT2D eigenvalue weighted by Crippen LogP contribution is 2.24. The zero-order chi connectivity index (χ0) is 12.3. The molecule has 0 spiro atoms. The minimum Gasteiger partial charge on any atom is -0.398 e. The fraction of sp³-hybridized carbons (Fsp3) is 0.556. The molecule has 0 bridgehead atoms. The number of anilines is 1. The van der Waals surface area contributed by atoms with Crippen molar-refractivity contribution in [3.63, 3.8) is 0 Å². The SMILES string of the molecule is CC(O)CCN(C)S(=O)(=O)c1cc(N)cs1. The summed E-state index contributed by atoms with van der Waals surface area (Å²) >= 11 is 1.10. The van der Waals surface area contributed by atoms with E-state index in [1.165, 1.54) is 17.4 Å². The van der Waals surface area contributed by atoms with E-state index in [9.17, 15) is 8.42 Å². The standard InChI is InChI=1S/C9H16N2O3S2/c1-7(12)3-4-11(2)16(13,14)9-5-8(10)6-15-9/h5-7,12H,3-4,10H2,1-2H3. The van der Waals surface area contributed by atoms with Crippen LogP contribution in [-0.4, -0.2) is 37.5 Å². The summed E-state index contributed by atoms with van der Waals surface area (Å²) < 4.78 is 25.4. The minimum atomic E-state index is -3.45. The monoisotopic (exact) mass is 264 g/mol. The Hall–Kier alpha value is -0.630. The number of nitrogens with zero attached hydrogens (tertiary/aromatic N) is 1. The number of aliphatic hydroxyl groups excluding tert-OH is 1. The lowest BCUT2D eigenvalue weighted by Gasteiger charge is -2.16. The average Bonchev–Trinajstić information content (AvgIpc) is 2.61. The molecule has 0 aromatic carbocycles. The Morgan fingerprint density at radius 1 is 1.62 bits per heavy atom. The number of nitrogen functional groups attached to an aromatic ring is 1. The lowest BCUT2D eigenvalue weighted by atomic mass is 10.3. The van der Waals surface area contributed by atoms with Gasteiger partial charge in [0.05, 0.1) is 6.10 Å². The maximum Gasteiger partial charge on any atom is 0.252 e. The molecule has 0 amide bonds. The van der Waals surface area contributed by atoms with Gasteiger partial charge in [-0.25, -0.2) is 12.7 Å². The molecule has 1 aromatic heterocycles. The molecule has 1 unspecified atom stereocenters. The van der Waals surface area contributed by atoms with Crippen LogP contribution in [-0.2, 0) is 10.0 Å². The fourth-order valence-corrected chi connectivity index (χ4v) is 3.58. The number of thiophene rings is 1. The second-order valence-corrected chi connectivity index (χ2v) is 6.85. The van der Waals surface area contributed by atoms with Crippen molar-refractivity contribution in [3.8, 4) is 0 Å². The van der Waals surface area contributed by atoms with Crippen LogP contribution < -0.4 is 5.73 Å². The highest BCUT2D eigenvalue weighted by atomic mass is 32.2. The molecule has 0 saturated heterocycles. The molecule has 0 saturated carbocycles. The molecule has 0 aliphatic heterocycles. The van der Waals surface area contributed by atoms with E-state index in [1.54, 1.807) is 12.3 Å². The van der Waals surface area contributed by atoms with Gasteiger partial charge in [0, 0.05) is 24.7 Å². The minimum absolute atomic E-state index is 0.234. The van der Waals surface area contributed by atoms with Crippen LogP contribution in [0.25, 0.3) is 0 Å². The van der Waals surface area contributed by atoms with Gasteiger partial charge in [-0.1, -0.05) is 0 Å². The number of aliphatic hydroxyl groups is 1. The molecule has 0 aliphatic rings. The van der Waals surface area contributed by atoms with E-state index in [4.69, 9.17) is 10.8 Å². The van der Waals surface area contributed by atoms with Gasteiger partial charge in [0.2, 0.25) is 0 Å². The lowest BCUT2D eigenvalue weighted by Crippen LogP contribution is -2.29. The molecular formula is C9H16N2O3S2. The van der Waals surface area contributed by atoms with E-state index < -0.39 is 16.1 Å². The first-order valence-corrected chi connectivity index (χ1v) is 7.14. The summed E-state index contributed by atoms with van der Waals surface area (Å²) in [5, 5.41) is 10.7. The Morgan fingerprint density at radius 2 is 2.25 bits per heavy atom. The molecule has 1 atom stereocenters. The third-order valence-electron chi connectivity index (χ3n) is 2.12. The summed E-state index contributed by atoms with van der Waals surface area (Å²) in [5.41, 5.74) is 5.94. The zero-order valence-corrected chi connectivity index (χ0v) is 10.9. The maximum absolute atomic E-state index is 12.0. The van der Waals surface area contributed by atoms with Crippen molar-refractivity contribution in [1.29, 1.82) is 0 Å².